The van der Waals surface area contributed by atoms with Gasteiger partial charge in [-0.05, 0) is 0 Å². The minimum absolute atomic E-state index is 0.935. The van der Waals surface area contributed by atoms with Crippen LogP contribution in [0.3, 0.4) is 0 Å². The third-order valence-electron chi connectivity index (χ3n) is 1.78. The number of rotatable bonds is 2. The quantitative estimate of drug-likeness (QED) is 0.268. The summed E-state index contributed by atoms with van der Waals surface area (Å²) >= 11 is 15.6. The molecule has 0 amide bonds. The van der Waals surface area contributed by atoms with Crippen molar-refractivity contribution in [3.63, 3.8) is 0 Å². The zero-order valence-corrected chi connectivity index (χ0v) is 10.8. The molecule has 2 nitrogen and oxygen atoms in total. The summed E-state index contributed by atoms with van der Waals surface area (Å²) in [6, 6.07) is 0. The zero-order chi connectivity index (χ0) is 15.0. The van der Waals surface area contributed by atoms with Gasteiger partial charge in [0.1, 0.15) is 12.2 Å². The fraction of sp³-hybridized carbons (Fsp3) is 0.222. The third kappa shape index (κ3) is 3.61. The van der Waals surface area contributed by atoms with Gasteiger partial charge in [0.2, 0.25) is 9.61 Å². The summed E-state index contributed by atoms with van der Waals surface area (Å²) in [5, 5.41) is 0. The maximum absolute atomic E-state index is 13.2. The average molecular weight is 343 g/mol. The van der Waals surface area contributed by atoms with Gasteiger partial charge in [0.15, 0.2) is 23.3 Å². The zero-order valence-electron chi connectivity index (χ0n) is 8.55. The van der Waals surface area contributed by atoms with E-state index in [1.54, 1.807) is 0 Å². The molecule has 106 valence electrons. The number of alkyl halides is 3. The number of hydrogen-bond acceptors (Lipinski definition) is 2. The van der Waals surface area contributed by atoms with Crippen molar-refractivity contribution in [1.29, 1.82) is 0 Å². The van der Waals surface area contributed by atoms with Crippen molar-refractivity contribution >= 4 is 40.8 Å². The minimum Gasteiger partial charge on any atom is -0.457 e. The summed E-state index contributed by atoms with van der Waals surface area (Å²) in [5.74, 6) is -13.5. The van der Waals surface area contributed by atoms with Crippen molar-refractivity contribution in [1.82, 2.24) is 0 Å². The first-order chi connectivity index (χ1) is 8.56. The third-order valence-corrected chi connectivity index (χ3v) is 2.11. The number of halogens is 8. The molecule has 0 radical (unpaired) electrons. The van der Waals surface area contributed by atoms with E-state index in [4.69, 9.17) is 34.8 Å². The highest BCUT2D eigenvalue weighted by molar-refractivity contribution is 6.67. The lowest BCUT2D eigenvalue weighted by Gasteiger charge is -2.12. The van der Waals surface area contributed by atoms with E-state index in [9.17, 15) is 26.7 Å². The Morgan fingerprint density at radius 3 is 1.63 bits per heavy atom. The van der Waals surface area contributed by atoms with Gasteiger partial charge in [-0.1, -0.05) is 34.8 Å². The Morgan fingerprint density at radius 1 is 0.895 bits per heavy atom. The number of benzene rings is 1. The molecule has 0 aliphatic carbocycles. The Kier molecular flexibility index (Phi) is 4.86. The Morgan fingerprint density at radius 2 is 1.26 bits per heavy atom. The summed E-state index contributed by atoms with van der Waals surface area (Å²) < 4.78 is 66.6. The highest BCUT2D eigenvalue weighted by Crippen LogP contribution is 2.28. The molecular weight excluding hydrogens is 341 g/mol. The van der Waals surface area contributed by atoms with Crippen molar-refractivity contribution in [2.45, 2.75) is 3.79 Å². The van der Waals surface area contributed by atoms with Gasteiger partial charge in [-0.3, -0.25) is 0 Å². The second-order valence-corrected chi connectivity index (χ2v) is 5.65. The summed E-state index contributed by atoms with van der Waals surface area (Å²) in [4.78, 5) is 11.2. The van der Waals surface area contributed by atoms with E-state index in [-0.39, 0.29) is 0 Å². The van der Waals surface area contributed by atoms with Crippen LogP contribution in [0.5, 0.6) is 0 Å². The standard InChI is InChI=1S/C9H2Cl3F5O2/c10-9(11,12)1-19-8(18)2-3(13)5(15)7(17)6(16)4(2)14/h1H2. The second-order valence-electron chi connectivity index (χ2n) is 3.14. The molecule has 0 N–H and O–H groups in total. The lowest BCUT2D eigenvalue weighted by atomic mass is 10.1. The van der Waals surface area contributed by atoms with Crippen LogP contribution in [0.15, 0.2) is 0 Å². The normalized spacial score (nSPS) is 11.6. The molecule has 0 unspecified atom stereocenters. The van der Waals surface area contributed by atoms with E-state index in [0.717, 1.165) is 0 Å². The van der Waals surface area contributed by atoms with Crippen LogP contribution in [0, 0.1) is 29.1 Å². The van der Waals surface area contributed by atoms with Gasteiger partial charge in [0.05, 0.1) is 0 Å². The van der Waals surface area contributed by atoms with Crippen LogP contribution in [0.2, 0.25) is 0 Å². The van der Waals surface area contributed by atoms with E-state index in [0.29, 0.717) is 0 Å². The summed E-state index contributed by atoms with van der Waals surface area (Å²) in [6.07, 6.45) is 0. The van der Waals surface area contributed by atoms with Crippen molar-refractivity contribution in [3.05, 3.63) is 34.6 Å². The first-order valence-electron chi connectivity index (χ1n) is 4.31. The van der Waals surface area contributed by atoms with Gasteiger partial charge in [0, 0.05) is 0 Å². The molecule has 1 rings (SSSR count). The van der Waals surface area contributed by atoms with Gasteiger partial charge >= 0.3 is 5.97 Å². The van der Waals surface area contributed by atoms with Crippen molar-refractivity contribution in [2.75, 3.05) is 6.61 Å². The average Bonchev–Trinajstić information content (AvgIpc) is 2.31. The Balaban J connectivity index is 3.18. The van der Waals surface area contributed by atoms with E-state index in [1.165, 1.54) is 0 Å². The molecule has 1 aromatic carbocycles. The molecule has 0 aliphatic heterocycles. The molecule has 0 spiro atoms. The molecule has 0 aliphatic rings. The van der Waals surface area contributed by atoms with Crippen LogP contribution in [-0.2, 0) is 4.74 Å². The lowest BCUT2D eigenvalue weighted by molar-refractivity contribution is 0.0497. The van der Waals surface area contributed by atoms with Crippen LogP contribution < -0.4 is 0 Å². The van der Waals surface area contributed by atoms with Gasteiger partial charge in [0.25, 0.3) is 0 Å². The number of esters is 1. The molecule has 0 saturated heterocycles. The molecular formula is C9H2Cl3F5O2. The smallest absolute Gasteiger partial charge is 0.344 e. The molecule has 0 saturated carbocycles. The highest BCUT2D eigenvalue weighted by atomic mass is 35.6. The Labute approximate surface area is 118 Å². The monoisotopic (exact) mass is 342 g/mol. The van der Waals surface area contributed by atoms with Crippen molar-refractivity contribution < 1.29 is 31.5 Å². The van der Waals surface area contributed by atoms with Gasteiger partial charge in [-0.2, -0.15) is 0 Å². The van der Waals surface area contributed by atoms with Gasteiger partial charge in [-0.25, -0.2) is 26.7 Å². The molecule has 0 heterocycles. The minimum atomic E-state index is -2.40. The van der Waals surface area contributed by atoms with Gasteiger partial charge in [-0.15, -0.1) is 0 Å². The fourth-order valence-corrected chi connectivity index (χ4v) is 1.17. The van der Waals surface area contributed by atoms with Crippen LogP contribution in [-0.4, -0.2) is 16.4 Å². The van der Waals surface area contributed by atoms with E-state index < -0.39 is 51.0 Å². The number of carbonyl (C=O) groups excluding carboxylic acids is 1. The van der Waals surface area contributed by atoms with Crippen LogP contribution in [0.25, 0.3) is 0 Å². The highest BCUT2D eigenvalue weighted by Gasteiger charge is 2.32. The Bertz CT molecular complexity index is 501. The maximum atomic E-state index is 13.2. The van der Waals surface area contributed by atoms with Crippen LogP contribution >= 0.6 is 34.8 Å². The van der Waals surface area contributed by atoms with Gasteiger partial charge < -0.3 is 4.74 Å². The summed E-state index contributed by atoms with van der Waals surface area (Å²) in [7, 11) is 0. The summed E-state index contributed by atoms with van der Waals surface area (Å²) in [5.41, 5.74) is -1.76. The number of carbonyl (C=O) groups is 1. The first-order valence-corrected chi connectivity index (χ1v) is 5.45. The molecule has 19 heavy (non-hydrogen) atoms. The van der Waals surface area contributed by atoms with Crippen molar-refractivity contribution in [3.8, 4) is 0 Å². The largest absolute Gasteiger partial charge is 0.457 e. The van der Waals surface area contributed by atoms with Crippen LogP contribution in [0.1, 0.15) is 10.4 Å². The number of hydrogen-bond donors (Lipinski definition) is 0. The summed E-state index contributed by atoms with van der Waals surface area (Å²) in [6.45, 7) is -0.935. The molecule has 1 aromatic rings. The van der Waals surface area contributed by atoms with E-state index in [2.05, 4.69) is 4.74 Å². The number of ether oxygens (including phenoxy) is 1. The molecule has 0 atom stereocenters. The molecule has 0 aromatic heterocycles. The molecule has 0 fully saturated rings. The SMILES string of the molecule is O=C(OCC(Cl)(Cl)Cl)c1c(F)c(F)c(F)c(F)c1F. The van der Waals surface area contributed by atoms with E-state index >= 15 is 0 Å². The predicted octanol–water partition coefficient (Wildman–Crippen LogP) is 3.91. The van der Waals surface area contributed by atoms with Crippen molar-refractivity contribution in [2.24, 2.45) is 0 Å². The Hall–Kier alpha value is -0.790. The maximum Gasteiger partial charge on any atom is 0.344 e. The molecule has 10 heteroatoms. The lowest BCUT2D eigenvalue weighted by Crippen LogP contribution is -2.20. The van der Waals surface area contributed by atoms with Crippen LogP contribution in [0.4, 0.5) is 22.0 Å². The fourth-order valence-electron chi connectivity index (χ4n) is 1.00. The second kappa shape index (κ2) is 5.68. The van der Waals surface area contributed by atoms with E-state index in [1.807, 2.05) is 0 Å². The topological polar surface area (TPSA) is 26.3 Å². The predicted molar refractivity (Wildman–Crippen MR) is 56.8 cm³/mol. The molecule has 0 bridgehead atoms. The first kappa shape index (κ1) is 16.3.